The minimum atomic E-state index is 0.151. The highest BCUT2D eigenvalue weighted by molar-refractivity contribution is 6.32. The fourth-order valence-electron chi connectivity index (χ4n) is 2.41. The van der Waals surface area contributed by atoms with Gasteiger partial charge in [0.1, 0.15) is 16.9 Å². The molecular formula is C20H31ClN4O2. The molecule has 7 heteroatoms. The number of nitrogen functional groups attached to an aromatic ring is 1. The largest absolute Gasteiger partial charge is 0.488 e. The van der Waals surface area contributed by atoms with E-state index in [1.54, 1.807) is 0 Å². The first-order valence-electron chi connectivity index (χ1n) is 9.52. The maximum atomic E-state index is 6.13. The van der Waals surface area contributed by atoms with E-state index in [1.165, 1.54) is 6.20 Å². The summed E-state index contributed by atoms with van der Waals surface area (Å²) in [6, 6.07) is 5.95. The van der Waals surface area contributed by atoms with Crippen LogP contribution in [0.5, 0.6) is 5.75 Å². The van der Waals surface area contributed by atoms with Gasteiger partial charge in [-0.1, -0.05) is 45.4 Å². The molecule has 6 nitrogen and oxygen atoms in total. The lowest BCUT2D eigenvalue weighted by Crippen LogP contribution is -2.26. The molecule has 1 saturated heterocycles. The SMILES string of the molecule is CC.CC.Cc1ccc(OC2CCOCC2)c(Nc2nc(N)ncc2Cl)c1. The van der Waals surface area contributed by atoms with Crippen molar-refractivity contribution in [3.8, 4) is 5.75 Å². The Bertz CT molecular complexity index is 692. The van der Waals surface area contributed by atoms with Gasteiger partial charge in [0.2, 0.25) is 5.95 Å². The number of aromatic nitrogens is 2. The van der Waals surface area contributed by atoms with E-state index in [4.69, 9.17) is 26.8 Å². The normalized spacial score (nSPS) is 13.6. The molecule has 0 saturated carbocycles. The average molecular weight is 395 g/mol. The van der Waals surface area contributed by atoms with Crippen molar-refractivity contribution in [2.75, 3.05) is 24.3 Å². The number of benzene rings is 1. The van der Waals surface area contributed by atoms with Crippen molar-refractivity contribution in [2.24, 2.45) is 0 Å². The molecule has 0 atom stereocenters. The Morgan fingerprint density at radius 3 is 2.52 bits per heavy atom. The molecule has 1 fully saturated rings. The van der Waals surface area contributed by atoms with Gasteiger partial charge in [-0.2, -0.15) is 4.98 Å². The molecule has 1 aliphatic heterocycles. The number of rotatable bonds is 4. The number of aryl methyl sites for hydroxylation is 1. The minimum absolute atomic E-state index is 0.151. The fourth-order valence-corrected chi connectivity index (χ4v) is 2.55. The van der Waals surface area contributed by atoms with Crippen LogP contribution >= 0.6 is 11.6 Å². The Balaban J connectivity index is 0.000000855. The third kappa shape index (κ3) is 7.23. The third-order valence-electron chi connectivity index (χ3n) is 3.61. The molecule has 0 aliphatic carbocycles. The molecule has 150 valence electrons. The lowest BCUT2D eigenvalue weighted by Gasteiger charge is -2.25. The van der Waals surface area contributed by atoms with E-state index in [0.29, 0.717) is 10.8 Å². The van der Waals surface area contributed by atoms with Gasteiger partial charge in [0.25, 0.3) is 0 Å². The standard InChI is InChI=1S/C16H19ClN4O2.2C2H6/c1-10-2-3-14(23-11-4-6-22-7-5-11)13(8-10)20-15-12(17)9-19-16(18)21-15;2*1-2/h2-3,8-9,11H,4-7H2,1H3,(H3,18,19,20,21);2*1-2H3. The van der Waals surface area contributed by atoms with Crippen molar-refractivity contribution in [1.82, 2.24) is 9.97 Å². The summed E-state index contributed by atoms with van der Waals surface area (Å²) in [4.78, 5) is 8.00. The summed E-state index contributed by atoms with van der Waals surface area (Å²) in [5.74, 6) is 1.38. The van der Waals surface area contributed by atoms with Gasteiger partial charge in [0.05, 0.1) is 25.1 Å². The Morgan fingerprint density at radius 1 is 1.19 bits per heavy atom. The van der Waals surface area contributed by atoms with Crippen LogP contribution in [-0.2, 0) is 4.74 Å². The maximum Gasteiger partial charge on any atom is 0.222 e. The van der Waals surface area contributed by atoms with E-state index < -0.39 is 0 Å². The van der Waals surface area contributed by atoms with Crippen LogP contribution in [0.25, 0.3) is 0 Å². The first kappa shape index (κ1) is 23.0. The van der Waals surface area contributed by atoms with Crippen LogP contribution in [0, 0.1) is 6.92 Å². The zero-order chi connectivity index (χ0) is 20.2. The second-order valence-corrected chi connectivity index (χ2v) is 5.89. The second kappa shape index (κ2) is 12.4. The zero-order valence-corrected chi connectivity index (χ0v) is 17.6. The Kier molecular flexibility index (Phi) is 10.5. The van der Waals surface area contributed by atoms with Gasteiger partial charge in [-0.3, -0.25) is 0 Å². The summed E-state index contributed by atoms with van der Waals surface area (Å²) in [6.07, 6.45) is 3.39. The number of anilines is 3. The van der Waals surface area contributed by atoms with Crippen LogP contribution < -0.4 is 15.8 Å². The summed E-state index contributed by atoms with van der Waals surface area (Å²) in [5.41, 5.74) is 7.54. The van der Waals surface area contributed by atoms with Gasteiger partial charge in [0, 0.05) is 12.8 Å². The van der Waals surface area contributed by atoms with Crippen LogP contribution in [0.1, 0.15) is 46.1 Å². The van der Waals surface area contributed by atoms with Crippen molar-refractivity contribution in [1.29, 1.82) is 0 Å². The lowest BCUT2D eigenvalue weighted by atomic mass is 10.1. The molecule has 0 spiro atoms. The van der Waals surface area contributed by atoms with Gasteiger partial charge in [-0.15, -0.1) is 0 Å². The molecule has 27 heavy (non-hydrogen) atoms. The molecular weight excluding hydrogens is 364 g/mol. The fraction of sp³-hybridized carbons (Fsp3) is 0.500. The smallest absolute Gasteiger partial charge is 0.222 e. The van der Waals surface area contributed by atoms with Gasteiger partial charge < -0.3 is 20.5 Å². The first-order valence-corrected chi connectivity index (χ1v) is 9.90. The summed E-state index contributed by atoms with van der Waals surface area (Å²) in [5, 5.41) is 3.59. The highest BCUT2D eigenvalue weighted by atomic mass is 35.5. The molecule has 0 unspecified atom stereocenters. The van der Waals surface area contributed by atoms with E-state index in [-0.39, 0.29) is 12.1 Å². The lowest BCUT2D eigenvalue weighted by molar-refractivity contribution is 0.0258. The van der Waals surface area contributed by atoms with E-state index in [0.717, 1.165) is 43.1 Å². The van der Waals surface area contributed by atoms with Gasteiger partial charge >= 0.3 is 0 Å². The van der Waals surface area contributed by atoms with Crippen molar-refractivity contribution in [3.63, 3.8) is 0 Å². The summed E-state index contributed by atoms with van der Waals surface area (Å²) >= 11 is 6.13. The van der Waals surface area contributed by atoms with E-state index in [2.05, 4.69) is 15.3 Å². The predicted molar refractivity (Wildman–Crippen MR) is 113 cm³/mol. The van der Waals surface area contributed by atoms with Gasteiger partial charge in [-0.25, -0.2) is 4.98 Å². The molecule has 3 rings (SSSR count). The third-order valence-corrected chi connectivity index (χ3v) is 3.89. The van der Waals surface area contributed by atoms with Crippen LogP contribution in [-0.4, -0.2) is 29.3 Å². The van der Waals surface area contributed by atoms with Crippen LogP contribution in [0.4, 0.5) is 17.5 Å². The molecule has 0 bridgehead atoms. The number of nitrogens with two attached hydrogens (primary N) is 1. The quantitative estimate of drug-likeness (QED) is 0.724. The molecule has 1 aliphatic rings. The molecule has 0 amide bonds. The topological polar surface area (TPSA) is 82.3 Å². The average Bonchev–Trinajstić information content (AvgIpc) is 2.71. The van der Waals surface area contributed by atoms with Crippen molar-refractivity contribution in [3.05, 3.63) is 35.0 Å². The van der Waals surface area contributed by atoms with Crippen molar-refractivity contribution >= 4 is 29.1 Å². The number of halogens is 1. The number of hydrogen-bond donors (Lipinski definition) is 2. The van der Waals surface area contributed by atoms with Crippen LogP contribution in [0.3, 0.4) is 0 Å². The van der Waals surface area contributed by atoms with Crippen molar-refractivity contribution < 1.29 is 9.47 Å². The first-order chi connectivity index (χ1) is 13.1. The molecule has 1 aromatic heterocycles. The summed E-state index contributed by atoms with van der Waals surface area (Å²) in [6.45, 7) is 11.5. The molecule has 2 aromatic rings. The second-order valence-electron chi connectivity index (χ2n) is 5.48. The van der Waals surface area contributed by atoms with E-state index in [1.807, 2.05) is 52.8 Å². The molecule has 1 aromatic carbocycles. The highest BCUT2D eigenvalue weighted by Crippen LogP contribution is 2.32. The number of ether oxygens (including phenoxy) is 2. The summed E-state index contributed by atoms with van der Waals surface area (Å²) < 4.78 is 11.5. The van der Waals surface area contributed by atoms with Crippen LogP contribution in [0.15, 0.2) is 24.4 Å². The highest BCUT2D eigenvalue weighted by Gasteiger charge is 2.17. The Labute approximate surface area is 167 Å². The molecule has 0 radical (unpaired) electrons. The number of hydrogen-bond acceptors (Lipinski definition) is 6. The summed E-state index contributed by atoms with van der Waals surface area (Å²) in [7, 11) is 0. The van der Waals surface area contributed by atoms with Crippen LogP contribution in [0.2, 0.25) is 5.02 Å². The monoisotopic (exact) mass is 394 g/mol. The zero-order valence-electron chi connectivity index (χ0n) is 16.9. The van der Waals surface area contributed by atoms with Gasteiger partial charge in [0.15, 0.2) is 5.82 Å². The van der Waals surface area contributed by atoms with Crippen molar-refractivity contribution in [2.45, 2.75) is 53.6 Å². The maximum absolute atomic E-state index is 6.13. The predicted octanol–water partition coefficient (Wildman–Crippen LogP) is 5.37. The Morgan fingerprint density at radius 2 is 1.85 bits per heavy atom. The minimum Gasteiger partial charge on any atom is -0.488 e. The van der Waals surface area contributed by atoms with E-state index in [9.17, 15) is 0 Å². The number of nitrogens with zero attached hydrogens (tertiary/aromatic N) is 2. The number of nitrogens with one attached hydrogen (secondary N) is 1. The Hall–Kier alpha value is -2.05. The molecule has 2 heterocycles. The molecule has 3 N–H and O–H groups in total. The van der Waals surface area contributed by atoms with E-state index >= 15 is 0 Å². The van der Waals surface area contributed by atoms with Gasteiger partial charge in [-0.05, 0) is 24.6 Å².